The number of benzene rings is 1. The smallest absolute Gasteiger partial charge is 0.0435 e. The Kier molecular flexibility index (Phi) is 2.86. The summed E-state index contributed by atoms with van der Waals surface area (Å²) in [5.74, 6) is 0. The van der Waals surface area contributed by atoms with Crippen molar-refractivity contribution < 1.29 is 0 Å². The highest BCUT2D eigenvalue weighted by molar-refractivity contribution is 5.57. The minimum absolute atomic E-state index is 0.288. The number of fused-ring (bicyclic) bond motifs is 1. The maximum absolute atomic E-state index is 3.65. The van der Waals surface area contributed by atoms with E-state index in [4.69, 9.17) is 0 Å². The van der Waals surface area contributed by atoms with Crippen LogP contribution in [0.25, 0.3) is 0 Å². The molecule has 2 nitrogen and oxygen atoms in total. The van der Waals surface area contributed by atoms with Crippen LogP contribution < -0.4 is 10.2 Å². The third-order valence-electron chi connectivity index (χ3n) is 4.53. The zero-order valence-corrected chi connectivity index (χ0v) is 11.7. The van der Waals surface area contributed by atoms with E-state index in [1.54, 1.807) is 0 Å². The molecule has 2 unspecified atom stereocenters. The Hall–Kier alpha value is -1.02. The fourth-order valence-electron chi connectivity index (χ4n) is 3.60. The summed E-state index contributed by atoms with van der Waals surface area (Å²) in [6, 6.07) is 10.3. The molecule has 2 aliphatic heterocycles. The lowest BCUT2D eigenvalue weighted by atomic mass is 9.92. The molecule has 98 valence electrons. The Bertz CT molecular complexity index is 438. The quantitative estimate of drug-likeness (QED) is 0.817. The van der Waals surface area contributed by atoms with Gasteiger partial charge in [-0.3, -0.25) is 0 Å². The van der Waals surface area contributed by atoms with Gasteiger partial charge in [-0.2, -0.15) is 0 Å². The molecule has 0 spiro atoms. The molecule has 2 aliphatic rings. The van der Waals surface area contributed by atoms with E-state index in [0.29, 0.717) is 12.1 Å². The predicted molar refractivity (Wildman–Crippen MR) is 77.2 cm³/mol. The van der Waals surface area contributed by atoms with Gasteiger partial charge in [0.2, 0.25) is 0 Å². The normalized spacial score (nSPS) is 30.3. The van der Waals surface area contributed by atoms with Crippen molar-refractivity contribution in [1.29, 1.82) is 0 Å². The van der Waals surface area contributed by atoms with Gasteiger partial charge in [0, 0.05) is 29.9 Å². The van der Waals surface area contributed by atoms with Crippen LogP contribution in [0, 0.1) is 0 Å². The number of anilines is 1. The molecule has 2 atom stereocenters. The number of rotatable bonds is 1. The number of nitrogens with zero attached hydrogens (tertiary/aromatic N) is 1. The van der Waals surface area contributed by atoms with Crippen molar-refractivity contribution in [2.24, 2.45) is 0 Å². The summed E-state index contributed by atoms with van der Waals surface area (Å²) in [6.07, 6.45) is 3.76. The first kappa shape index (κ1) is 12.0. The van der Waals surface area contributed by atoms with E-state index >= 15 is 0 Å². The molecule has 1 fully saturated rings. The van der Waals surface area contributed by atoms with Crippen molar-refractivity contribution in [1.82, 2.24) is 5.32 Å². The van der Waals surface area contributed by atoms with E-state index in [9.17, 15) is 0 Å². The predicted octanol–water partition coefficient (Wildman–Crippen LogP) is 2.97. The first-order chi connectivity index (χ1) is 8.57. The maximum atomic E-state index is 3.65. The molecule has 1 saturated heterocycles. The van der Waals surface area contributed by atoms with Gasteiger partial charge in [0.05, 0.1) is 0 Å². The topological polar surface area (TPSA) is 15.3 Å². The average molecular weight is 244 g/mol. The molecule has 0 radical (unpaired) electrons. The Morgan fingerprint density at radius 2 is 2.06 bits per heavy atom. The largest absolute Gasteiger partial charge is 0.364 e. The summed E-state index contributed by atoms with van der Waals surface area (Å²) in [5, 5.41) is 3.65. The molecule has 18 heavy (non-hydrogen) atoms. The van der Waals surface area contributed by atoms with E-state index in [1.807, 2.05) is 0 Å². The SMILES string of the molecule is CC1CCc2ccccc2N1C1CNC(C)(C)C1. The molecule has 0 saturated carbocycles. The number of hydrogen-bond donors (Lipinski definition) is 1. The third-order valence-corrected chi connectivity index (χ3v) is 4.53. The summed E-state index contributed by atoms with van der Waals surface area (Å²) in [7, 11) is 0. The van der Waals surface area contributed by atoms with Gasteiger partial charge in [-0.25, -0.2) is 0 Å². The standard InChI is InChI=1S/C16H24N2/c1-12-8-9-13-6-4-5-7-15(13)18(12)14-10-16(2,3)17-11-14/h4-7,12,14,17H,8-11H2,1-3H3. The van der Waals surface area contributed by atoms with Crippen LogP contribution in [0.2, 0.25) is 0 Å². The van der Waals surface area contributed by atoms with Gasteiger partial charge in [0.1, 0.15) is 0 Å². The molecule has 0 aromatic heterocycles. The highest BCUT2D eigenvalue weighted by Crippen LogP contribution is 2.35. The van der Waals surface area contributed by atoms with Crippen LogP contribution >= 0.6 is 0 Å². The number of para-hydroxylation sites is 1. The maximum Gasteiger partial charge on any atom is 0.0435 e. The zero-order chi connectivity index (χ0) is 12.8. The van der Waals surface area contributed by atoms with Crippen LogP contribution in [-0.2, 0) is 6.42 Å². The number of hydrogen-bond acceptors (Lipinski definition) is 2. The Labute approximate surface area is 110 Å². The van der Waals surface area contributed by atoms with Gasteiger partial charge in [-0.1, -0.05) is 18.2 Å². The van der Waals surface area contributed by atoms with Crippen molar-refractivity contribution in [2.75, 3.05) is 11.4 Å². The molecule has 0 aliphatic carbocycles. The zero-order valence-electron chi connectivity index (χ0n) is 11.7. The second-order valence-corrected chi connectivity index (χ2v) is 6.55. The van der Waals surface area contributed by atoms with Crippen molar-refractivity contribution in [3.63, 3.8) is 0 Å². The molecule has 1 N–H and O–H groups in total. The molecule has 3 rings (SSSR count). The molecular formula is C16H24N2. The second-order valence-electron chi connectivity index (χ2n) is 6.55. The van der Waals surface area contributed by atoms with E-state index in [-0.39, 0.29) is 5.54 Å². The first-order valence-electron chi connectivity index (χ1n) is 7.18. The van der Waals surface area contributed by atoms with Crippen LogP contribution in [0.15, 0.2) is 24.3 Å². The van der Waals surface area contributed by atoms with Crippen LogP contribution in [-0.4, -0.2) is 24.2 Å². The van der Waals surface area contributed by atoms with E-state index in [2.05, 4.69) is 55.3 Å². The second kappa shape index (κ2) is 4.27. The van der Waals surface area contributed by atoms with Gasteiger partial charge in [0.15, 0.2) is 0 Å². The summed E-state index contributed by atoms with van der Waals surface area (Å²) in [6.45, 7) is 8.12. The minimum Gasteiger partial charge on any atom is -0.364 e. The van der Waals surface area contributed by atoms with Crippen molar-refractivity contribution in [2.45, 2.75) is 57.7 Å². The number of nitrogens with one attached hydrogen (secondary N) is 1. The lowest BCUT2D eigenvalue weighted by Crippen LogP contribution is -2.46. The molecule has 2 heteroatoms. The highest BCUT2D eigenvalue weighted by atomic mass is 15.2. The van der Waals surface area contributed by atoms with E-state index in [1.165, 1.54) is 30.5 Å². The minimum atomic E-state index is 0.288. The summed E-state index contributed by atoms with van der Waals surface area (Å²) >= 11 is 0. The Morgan fingerprint density at radius 1 is 1.28 bits per heavy atom. The van der Waals surface area contributed by atoms with Crippen molar-refractivity contribution in [3.05, 3.63) is 29.8 Å². The molecule has 0 bridgehead atoms. The monoisotopic (exact) mass is 244 g/mol. The first-order valence-corrected chi connectivity index (χ1v) is 7.18. The van der Waals surface area contributed by atoms with Crippen LogP contribution in [0.4, 0.5) is 5.69 Å². The third kappa shape index (κ3) is 2.03. The molecule has 0 amide bonds. The van der Waals surface area contributed by atoms with Gasteiger partial charge in [-0.15, -0.1) is 0 Å². The fourth-order valence-corrected chi connectivity index (χ4v) is 3.60. The Morgan fingerprint density at radius 3 is 2.78 bits per heavy atom. The van der Waals surface area contributed by atoms with Crippen LogP contribution in [0.3, 0.4) is 0 Å². The average Bonchev–Trinajstić information content (AvgIpc) is 2.69. The van der Waals surface area contributed by atoms with Crippen molar-refractivity contribution in [3.8, 4) is 0 Å². The lowest BCUT2D eigenvalue weighted by molar-refractivity contribution is 0.440. The number of aryl methyl sites for hydroxylation is 1. The lowest BCUT2D eigenvalue weighted by Gasteiger charge is -2.41. The van der Waals surface area contributed by atoms with Crippen molar-refractivity contribution >= 4 is 5.69 Å². The van der Waals surface area contributed by atoms with Crippen LogP contribution in [0.5, 0.6) is 0 Å². The van der Waals surface area contributed by atoms with E-state index < -0.39 is 0 Å². The summed E-state index contributed by atoms with van der Waals surface area (Å²) in [4.78, 5) is 2.67. The van der Waals surface area contributed by atoms with Gasteiger partial charge in [0.25, 0.3) is 0 Å². The molecular weight excluding hydrogens is 220 g/mol. The van der Waals surface area contributed by atoms with E-state index in [0.717, 1.165) is 6.54 Å². The highest BCUT2D eigenvalue weighted by Gasteiger charge is 2.37. The van der Waals surface area contributed by atoms with Gasteiger partial charge >= 0.3 is 0 Å². The fraction of sp³-hybridized carbons (Fsp3) is 0.625. The van der Waals surface area contributed by atoms with Crippen LogP contribution in [0.1, 0.15) is 39.2 Å². The van der Waals surface area contributed by atoms with Gasteiger partial charge in [-0.05, 0) is 51.7 Å². The summed E-state index contributed by atoms with van der Waals surface area (Å²) < 4.78 is 0. The Balaban J connectivity index is 1.92. The molecule has 1 aromatic carbocycles. The summed E-state index contributed by atoms with van der Waals surface area (Å²) in [5.41, 5.74) is 3.29. The molecule has 1 aromatic rings. The molecule has 2 heterocycles. The van der Waals surface area contributed by atoms with Gasteiger partial charge < -0.3 is 10.2 Å².